The zero-order valence-corrected chi connectivity index (χ0v) is 16.9. The summed E-state index contributed by atoms with van der Waals surface area (Å²) >= 11 is 0. The van der Waals surface area contributed by atoms with E-state index >= 15 is 0 Å². The third-order valence-electron chi connectivity index (χ3n) is 5.26. The first-order valence-electron chi connectivity index (χ1n) is 10.3. The van der Waals surface area contributed by atoms with Gasteiger partial charge in [0.15, 0.2) is 0 Å². The lowest BCUT2D eigenvalue weighted by Crippen LogP contribution is -3.14. The lowest BCUT2D eigenvalue weighted by Gasteiger charge is -2.28. The summed E-state index contributed by atoms with van der Waals surface area (Å²) in [4.78, 5) is 14.1. The van der Waals surface area contributed by atoms with Gasteiger partial charge in [-0.2, -0.15) is 5.10 Å². The number of carbonyl (C=O) groups is 1. The number of carbonyl (C=O) groups excluding carboxylic acids is 1. The van der Waals surface area contributed by atoms with Crippen LogP contribution in [-0.2, 0) is 9.53 Å². The van der Waals surface area contributed by atoms with Crippen LogP contribution in [-0.4, -0.2) is 48.5 Å². The molecule has 1 aliphatic heterocycles. The minimum absolute atomic E-state index is 0.0384. The van der Waals surface area contributed by atoms with Crippen molar-refractivity contribution in [1.29, 1.82) is 0 Å². The Kier molecular flexibility index (Phi) is 6.69. The normalized spacial score (nSPS) is 15.9. The Morgan fingerprint density at radius 3 is 2.53 bits per heavy atom. The first-order valence-corrected chi connectivity index (χ1v) is 10.3. The number of hydrogen-bond acceptors (Lipinski definition) is 3. The molecule has 1 fully saturated rings. The number of ether oxygens (including phenoxy) is 1. The molecule has 1 saturated heterocycles. The van der Waals surface area contributed by atoms with Crippen molar-refractivity contribution >= 4 is 12.0 Å². The van der Waals surface area contributed by atoms with Gasteiger partial charge < -0.3 is 15.0 Å². The lowest BCUT2D eigenvalue weighted by molar-refractivity contribution is -0.909. The molecule has 2 N–H and O–H groups in total. The standard InChI is InChI=1S/C24H26N4O2/c29-24(12-11-20-17-25-28(18-20)22-9-5-2-6-10-22)26-23(21-7-3-1-4-8-21)19-27-13-15-30-16-14-27/h1-12,17-18,23H,13-16,19H2,(H,26,29)/p+1/b12-11+/t23-/m0/s1. The van der Waals surface area contributed by atoms with E-state index in [2.05, 4.69) is 22.5 Å². The van der Waals surface area contributed by atoms with E-state index in [-0.39, 0.29) is 11.9 Å². The molecule has 1 aliphatic rings. The van der Waals surface area contributed by atoms with Crippen molar-refractivity contribution in [2.45, 2.75) is 6.04 Å². The van der Waals surface area contributed by atoms with E-state index in [1.165, 1.54) is 4.90 Å². The molecule has 0 unspecified atom stereocenters. The van der Waals surface area contributed by atoms with Gasteiger partial charge in [0.2, 0.25) is 5.91 Å². The molecule has 0 aliphatic carbocycles. The minimum atomic E-state index is -0.107. The van der Waals surface area contributed by atoms with E-state index in [0.717, 1.165) is 49.7 Å². The highest BCUT2D eigenvalue weighted by molar-refractivity contribution is 5.91. The van der Waals surface area contributed by atoms with Gasteiger partial charge in [0.25, 0.3) is 0 Å². The maximum Gasteiger partial charge on any atom is 0.244 e. The Hall–Kier alpha value is -3.22. The molecule has 0 bridgehead atoms. The second-order valence-electron chi connectivity index (χ2n) is 7.43. The van der Waals surface area contributed by atoms with Crippen molar-refractivity contribution < 1.29 is 14.4 Å². The predicted octanol–water partition coefficient (Wildman–Crippen LogP) is 1.66. The van der Waals surface area contributed by atoms with Crippen molar-refractivity contribution in [3.63, 3.8) is 0 Å². The van der Waals surface area contributed by atoms with Crippen LogP contribution in [0.25, 0.3) is 11.8 Å². The lowest BCUT2D eigenvalue weighted by atomic mass is 10.1. The van der Waals surface area contributed by atoms with E-state index in [0.29, 0.717) is 0 Å². The molecule has 4 rings (SSSR count). The molecule has 2 aromatic carbocycles. The summed E-state index contributed by atoms with van der Waals surface area (Å²) in [5, 5.41) is 7.54. The van der Waals surface area contributed by atoms with Gasteiger partial charge >= 0.3 is 0 Å². The number of para-hydroxylation sites is 1. The number of nitrogens with one attached hydrogen (secondary N) is 2. The van der Waals surface area contributed by atoms with Gasteiger partial charge in [-0.3, -0.25) is 4.79 Å². The first-order chi connectivity index (χ1) is 14.8. The number of hydrogen-bond donors (Lipinski definition) is 2. The van der Waals surface area contributed by atoms with Gasteiger partial charge in [-0.05, 0) is 23.8 Å². The summed E-state index contributed by atoms with van der Waals surface area (Å²) in [7, 11) is 0. The van der Waals surface area contributed by atoms with E-state index in [9.17, 15) is 4.79 Å². The van der Waals surface area contributed by atoms with Crippen LogP contribution < -0.4 is 10.2 Å². The molecule has 30 heavy (non-hydrogen) atoms. The van der Waals surface area contributed by atoms with Crippen molar-refractivity contribution in [1.82, 2.24) is 15.1 Å². The second-order valence-corrected chi connectivity index (χ2v) is 7.43. The van der Waals surface area contributed by atoms with Crippen LogP contribution in [0, 0.1) is 0 Å². The number of rotatable bonds is 7. The average Bonchev–Trinajstić information content (AvgIpc) is 3.28. The van der Waals surface area contributed by atoms with Crippen molar-refractivity contribution in [2.24, 2.45) is 0 Å². The number of amides is 1. The fourth-order valence-corrected chi connectivity index (χ4v) is 3.63. The first kappa shape index (κ1) is 20.1. The fourth-order valence-electron chi connectivity index (χ4n) is 3.63. The van der Waals surface area contributed by atoms with Crippen LogP contribution in [0.1, 0.15) is 17.2 Å². The SMILES string of the molecule is O=C(/C=C/c1cnn(-c2ccccc2)c1)N[C@@H](C[NH+]1CCOCC1)c1ccccc1. The summed E-state index contributed by atoms with van der Waals surface area (Å²) in [5.74, 6) is -0.107. The Labute approximate surface area is 176 Å². The number of aromatic nitrogens is 2. The Bertz CT molecular complexity index is 963. The van der Waals surface area contributed by atoms with Crippen molar-refractivity contribution in [3.8, 4) is 5.69 Å². The number of quaternary nitrogens is 1. The molecule has 1 aromatic heterocycles. The van der Waals surface area contributed by atoms with E-state index in [4.69, 9.17) is 4.74 Å². The maximum atomic E-state index is 12.7. The average molecular weight is 404 g/mol. The third kappa shape index (κ3) is 5.43. The molecule has 2 heterocycles. The van der Waals surface area contributed by atoms with Gasteiger partial charge in [-0.25, -0.2) is 4.68 Å². The topological polar surface area (TPSA) is 60.6 Å². The van der Waals surface area contributed by atoms with E-state index in [1.807, 2.05) is 54.7 Å². The molecule has 6 nitrogen and oxygen atoms in total. The fraction of sp³-hybridized carbons (Fsp3) is 0.250. The molecule has 0 radical (unpaired) electrons. The maximum absolute atomic E-state index is 12.7. The van der Waals surface area contributed by atoms with Crippen LogP contribution in [0.4, 0.5) is 0 Å². The number of morpholine rings is 1. The van der Waals surface area contributed by atoms with Crippen LogP contribution in [0.5, 0.6) is 0 Å². The van der Waals surface area contributed by atoms with E-state index < -0.39 is 0 Å². The molecule has 3 aromatic rings. The molecule has 1 atom stereocenters. The van der Waals surface area contributed by atoms with Gasteiger partial charge in [0.05, 0.1) is 25.1 Å². The van der Waals surface area contributed by atoms with Crippen LogP contribution in [0.3, 0.4) is 0 Å². The molecular formula is C24H27N4O2+. The highest BCUT2D eigenvalue weighted by Crippen LogP contribution is 2.12. The molecule has 0 spiro atoms. The minimum Gasteiger partial charge on any atom is -0.370 e. The zero-order valence-electron chi connectivity index (χ0n) is 16.9. The van der Waals surface area contributed by atoms with E-state index in [1.54, 1.807) is 23.0 Å². The summed E-state index contributed by atoms with van der Waals surface area (Å²) in [6.45, 7) is 4.33. The summed E-state index contributed by atoms with van der Waals surface area (Å²) in [6.07, 6.45) is 7.04. The van der Waals surface area contributed by atoms with Crippen molar-refractivity contribution in [2.75, 3.05) is 32.8 Å². The quantitative estimate of drug-likeness (QED) is 0.590. The largest absolute Gasteiger partial charge is 0.370 e. The van der Waals surface area contributed by atoms with Crippen LogP contribution in [0.2, 0.25) is 0 Å². The number of benzene rings is 2. The Morgan fingerprint density at radius 1 is 1.10 bits per heavy atom. The smallest absolute Gasteiger partial charge is 0.244 e. The highest BCUT2D eigenvalue weighted by Gasteiger charge is 2.22. The summed E-state index contributed by atoms with van der Waals surface area (Å²) < 4.78 is 7.26. The van der Waals surface area contributed by atoms with Gasteiger partial charge in [0, 0.05) is 17.8 Å². The Balaban J connectivity index is 1.41. The molecule has 154 valence electrons. The molecule has 6 heteroatoms. The van der Waals surface area contributed by atoms with Crippen molar-refractivity contribution in [3.05, 3.63) is 90.3 Å². The monoisotopic (exact) mass is 403 g/mol. The molecule has 1 amide bonds. The zero-order chi connectivity index (χ0) is 20.6. The third-order valence-corrected chi connectivity index (χ3v) is 5.26. The molecule has 0 saturated carbocycles. The number of nitrogens with zero attached hydrogens (tertiary/aromatic N) is 2. The van der Waals surface area contributed by atoms with Crippen LogP contribution >= 0.6 is 0 Å². The summed E-state index contributed by atoms with van der Waals surface area (Å²) in [5.41, 5.74) is 2.98. The summed E-state index contributed by atoms with van der Waals surface area (Å²) in [6, 6.07) is 20.0. The molecular weight excluding hydrogens is 376 g/mol. The second kappa shape index (κ2) is 10.0. The van der Waals surface area contributed by atoms with Gasteiger partial charge in [0.1, 0.15) is 25.7 Å². The Morgan fingerprint density at radius 2 is 1.80 bits per heavy atom. The van der Waals surface area contributed by atoms with Gasteiger partial charge in [-0.15, -0.1) is 0 Å². The highest BCUT2D eigenvalue weighted by atomic mass is 16.5. The van der Waals surface area contributed by atoms with Crippen LogP contribution in [0.15, 0.2) is 79.1 Å². The van der Waals surface area contributed by atoms with Gasteiger partial charge in [-0.1, -0.05) is 48.5 Å². The predicted molar refractivity (Wildman–Crippen MR) is 116 cm³/mol.